The van der Waals surface area contributed by atoms with Gasteiger partial charge in [0.1, 0.15) is 0 Å². The lowest BCUT2D eigenvalue weighted by atomic mass is 9.86. The average molecular weight is 429 g/mol. The molecule has 2 saturated heterocycles. The van der Waals surface area contributed by atoms with Crippen molar-refractivity contribution in [3.05, 3.63) is 0 Å². The zero-order valence-corrected chi connectivity index (χ0v) is 21.4. The van der Waals surface area contributed by atoms with Crippen LogP contribution >= 0.6 is 0 Å². The van der Waals surface area contributed by atoms with Gasteiger partial charge in [0, 0.05) is 22.7 Å². The van der Waals surface area contributed by atoms with Crippen molar-refractivity contribution in [1.29, 1.82) is 0 Å². The van der Waals surface area contributed by atoms with Crippen molar-refractivity contribution < 1.29 is 18.9 Å². The molecular weight excluding hydrogens is 376 g/mol. The van der Waals surface area contributed by atoms with E-state index in [-0.39, 0.29) is 23.4 Å². The molecule has 30 heavy (non-hydrogen) atoms. The number of hydrogen-bond acceptors (Lipinski definition) is 4. The molecule has 0 spiro atoms. The Bertz CT molecular complexity index is 383. The van der Waals surface area contributed by atoms with Crippen molar-refractivity contribution >= 4 is 0 Å². The quantitative estimate of drug-likeness (QED) is 0.368. The smallest absolute Gasteiger partial charge is 0.160 e. The predicted octanol–water partition coefficient (Wildman–Crippen LogP) is 7.20. The molecule has 2 aliphatic heterocycles. The SMILES string of the molecule is CCCC(C)C1OCC(C)(CCC)CO1.CCCC(C)C1OCC(C)(CCC)CO1. The molecule has 0 bridgehead atoms. The predicted molar refractivity (Wildman–Crippen MR) is 126 cm³/mol. The third-order valence-corrected chi connectivity index (χ3v) is 6.51. The van der Waals surface area contributed by atoms with Crippen molar-refractivity contribution in [3.8, 4) is 0 Å². The Kier molecular flexibility index (Phi) is 13.1. The summed E-state index contributed by atoms with van der Waals surface area (Å²) in [7, 11) is 0. The van der Waals surface area contributed by atoms with Crippen LogP contribution in [0.4, 0.5) is 0 Å². The summed E-state index contributed by atoms with van der Waals surface area (Å²) in [6, 6.07) is 0. The monoisotopic (exact) mass is 428 g/mol. The molecule has 0 N–H and O–H groups in total. The first-order valence-corrected chi connectivity index (χ1v) is 12.7. The topological polar surface area (TPSA) is 36.9 Å². The van der Waals surface area contributed by atoms with Crippen LogP contribution in [0.2, 0.25) is 0 Å². The van der Waals surface area contributed by atoms with Gasteiger partial charge in [-0.1, -0.05) is 81.1 Å². The molecule has 0 amide bonds. The van der Waals surface area contributed by atoms with Gasteiger partial charge in [0.2, 0.25) is 0 Å². The van der Waals surface area contributed by atoms with E-state index in [1.807, 2.05) is 0 Å². The van der Waals surface area contributed by atoms with Gasteiger partial charge in [-0.15, -0.1) is 0 Å². The van der Waals surface area contributed by atoms with E-state index in [2.05, 4.69) is 55.4 Å². The van der Waals surface area contributed by atoms with Crippen LogP contribution in [0.1, 0.15) is 107 Å². The number of rotatable bonds is 10. The van der Waals surface area contributed by atoms with Gasteiger partial charge in [-0.05, 0) is 25.7 Å². The summed E-state index contributed by atoms with van der Waals surface area (Å²) >= 11 is 0. The summed E-state index contributed by atoms with van der Waals surface area (Å²) in [5.74, 6) is 1.06. The van der Waals surface area contributed by atoms with Crippen LogP contribution in [0, 0.1) is 22.7 Å². The molecule has 2 atom stereocenters. The van der Waals surface area contributed by atoms with Crippen molar-refractivity contribution in [1.82, 2.24) is 0 Å². The van der Waals surface area contributed by atoms with Crippen molar-refractivity contribution in [2.75, 3.05) is 26.4 Å². The molecule has 0 aromatic heterocycles. The fourth-order valence-electron chi connectivity index (χ4n) is 4.65. The zero-order valence-electron chi connectivity index (χ0n) is 21.4. The van der Waals surface area contributed by atoms with E-state index in [0.29, 0.717) is 11.8 Å². The second kappa shape index (κ2) is 14.1. The number of ether oxygens (including phenoxy) is 4. The Morgan fingerprint density at radius 2 is 0.900 bits per heavy atom. The Morgan fingerprint density at radius 1 is 0.600 bits per heavy atom. The molecule has 0 aromatic rings. The normalized spacial score (nSPS) is 34.0. The Balaban J connectivity index is 0.000000300. The van der Waals surface area contributed by atoms with Gasteiger partial charge < -0.3 is 18.9 Å². The Hall–Kier alpha value is -0.160. The fraction of sp³-hybridized carbons (Fsp3) is 1.00. The molecule has 180 valence electrons. The van der Waals surface area contributed by atoms with Crippen LogP contribution in [-0.2, 0) is 18.9 Å². The average Bonchev–Trinajstić information content (AvgIpc) is 2.70. The molecule has 4 heteroatoms. The van der Waals surface area contributed by atoms with Crippen LogP contribution in [-0.4, -0.2) is 39.0 Å². The maximum Gasteiger partial charge on any atom is 0.160 e. The standard InChI is InChI=1S/2C13H26O2/c2*1-5-7-11(3)12-14-9-13(4,8-6-2)10-15-12/h2*11-12H,5-10H2,1-4H3. The van der Waals surface area contributed by atoms with Crippen LogP contribution in [0.5, 0.6) is 0 Å². The van der Waals surface area contributed by atoms with Crippen molar-refractivity contribution in [3.63, 3.8) is 0 Å². The maximum absolute atomic E-state index is 5.84. The maximum atomic E-state index is 5.84. The summed E-state index contributed by atoms with van der Waals surface area (Å²) < 4.78 is 23.4. The van der Waals surface area contributed by atoms with Gasteiger partial charge in [-0.2, -0.15) is 0 Å². The van der Waals surface area contributed by atoms with Crippen LogP contribution < -0.4 is 0 Å². The molecule has 0 saturated carbocycles. The molecular formula is C26H52O4. The molecule has 2 unspecified atom stereocenters. The molecule has 2 fully saturated rings. The number of hydrogen-bond donors (Lipinski definition) is 0. The third kappa shape index (κ3) is 9.54. The van der Waals surface area contributed by atoms with E-state index in [0.717, 1.165) is 26.4 Å². The molecule has 4 nitrogen and oxygen atoms in total. The van der Waals surface area contributed by atoms with E-state index in [1.165, 1.54) is 51.4 Å². The summed E-state index contributed by atoms with van der Waals surface area (Å²) in [4.78, 5) is 0. The first-order chi connectivity index (χ1) is 14.2. The first-order valence-electron chi connectivity index (χ1n) is 12.7. The molecule has 2 rings (SSSR count). The van der Waals surface area contributed by atoms with E-state index in [9.17, 15) is 0 Å². The lowest BCUT2D eigenvalue weighted by Crippen LogP contribution is -2.42. The van der Waals surface area contributed by atoms with E-state index in [1.54, 1.807) is 0 Å². The highest BCUT2D eigenvalue weighted by Crippen LogP contribution is 2.32. The van der Waals surface area contributed by atoms with E-state index in [4.69, 9.17) is 18.9 Å². The summed E-state index contributed by atoms with van der Waals surface area (Å²) in [6.07, 6.45) is 9.67. The largest absolute Gasteiger partial charge is 0.352 e. The highest BCUT2D eigenvalue weighted by molar-refractivity contribution is 4.78. The zero-order chi connectivity index (χ0) is 22.6. The minimum atomic E-state index is 0.0369. The second-order valence-corrected chi connectivity index (χ2v) is 10.6. The summed E-state index contributed by atoms with van der Waals surface area (Å²) in [5.41, 5.74) is 0.494. The first kappa shape index (κ1) is 27.9. The van der Waals surface area contributed by atoms with Crippen LogP contribution in [0.3, 0.4) is 0 Å². The molecule has 2 aliphatic rings. The van der Waals surface area contributed by atoms with Gasteiger partial charge in [0.15, 0.2) is 12.6 Å². The lowest BCUT2D eigenvalue weighted by molar-refractivity contribution is -0.246. The second-order valence-electron chi connectivity index (χ2n) is 10.6. The van der Waals surface area contributed by atoms with Gasteiger partial charge in [-0.3, -0.25) is 0 Å². The van der Waals surface area contributed by atoms with Gasteiger partial charge in [0.25, 0.3) is 0 Å². The minimum Gasteiger partial charge on any atom is -0.352 e. The van der Waals surface area contributed by atoms with Gasteiger partial charge in [0.05, 0.1) is 26.4 Å². The molecule has 2 heterocycles. The van der Waals surface area contributed by atoms with Crippen molar-refractivity contribution in [2.24, 2.45) is 22.7 Å². The summed E-state index contributed by atoms with van der Waals surface area (Å²) in [6.45, 7) is 21.3. The highest BCUT2D eigenvalue weighted by Gasteiger charge is 2.34. The Morgan fingerprint density at radius 3 is 1.13 bits per heavy atom. The van der Waals surface area contributed by atoms with E-state index >= 15 is 0 Å². The Labute approximate surface area is 187 Å². The van der Waals surface area contributed by atoms with Gasteiger partial charge >= 0.3 is 0 Å². The fourth-order valence-corrected chi connectivity index (χ4v) is 4.65. The molecule has 0 aliphatic carbocycles. The van der Waals surface area contributed by atoms with E-state index < -0.39 is 0 Å². The minimum absolute atomic E-state index is 0.0369. The third-order valence-electron chi connectivity index (χ3n) is 6.51. The highest BCUT2D eigenvalue weighted by atomic mass is 16.7. The molecule has 0 radical (unpaired) electrons. The van der Waals surface area contributed by atoms with Gasteiger partial charge in [-0.25, -0.2) is 0 Å². The molecule has 0 aromatic carbocycles. The lowest BCUT2D eigenvalue weighted by Gasteiger charge is -2.39. The summed E-state index contributed by atoms with van der Waals surface area (Å²) in [5, 5.41) is 0. The van der Waals surface area contributed by atoms with Crippen LogP contribution in [0.15, 0.2) is 0 Å². The van der Waals surface area contributed by atoms with Crippen molar-refractivity contribution in [2.45, 2.75) is 119 Å². The van der Waals surface area contributed by atoms with Crippen LogP contribution in [0.25, 0.3) is 0 Å².